The number of nitrogens with zero attached hydrogens (tertiary/aromatic N) is 3. The number of alkyl carbamates (subject to hydrolysis) is 1. The molecule has 11 heteroatoms. The van der Waals surface area contributed by atoms with E-state index in [1.54, 1.807) is 50.7 Å². The quantitative estimate of drug-likeness (QED) is 0.204. The number of carbonyl (C=O) groups is 2. The van der Waals surface area contributed by atoms with E-state index < -0.39 is 23.7 Å². The van der Waals surface area contributed by atoms with Crippen LogP contribution >= 0.6 is 11.8 Å². The molecule has 2 N–H and O–H groups in total. The number of anilines is 3. The van der Waals surface area contributed by atoms with E-state index >= 15 is 0 Å². The molecule has 2 unspecified atom stereocenters. The summed E-state index contributed by atoms with van der Waals surface area (Å²) < 4.78 is 24.5. The monoisotopic (exact) mass is 609 g/mol. The van der Waals surface area contributed by atoms with Crippen LogP contribution in [0.1, 0.15) is 62.5 Å². The van der Waals surface area contributed by atoms with Crippen molar-refractivity contribution in [1.29, 1.82) is 0 Å². The number of aryl methyl sites for hydroxylation is 1. The number of thioether (sulfide) groups is 1. The SMILES string of the molecule is CSCCC(NC(=O)OC(C)(C)C)C(=O)Oc1ccc2c(c1)CCN(c1nc(Nc3ccc(F)cc3)nc(C)c1C)C2C. The van der Waals surface area contributed by atoms with E-state index in [-0.39, 0.29) is 11.9 Å². The van der Waals surface area contributed by atoms with Crippen LogP contribution < -0.4 is 20.3 Å². The molecule has 0 radical (unpaired) electrons. The van der Waals surface area contributed by atoms with Gasteiger partial charge in [-0.2, -0.15) is 16.7 Å². The molecule has 9 nitrogen and oxygen atoms in total. The number of benzene rings is 2. The maximum Gasteiger partial charge on any atom is 0.408 e. The Morgan fingerprint density at radius 3 is 2.53 bits per heavy atom. The minimum atomic E-state index is -0.825. The molecule has 0 fully saturated rings. The standard InChI is InChI=1S/C32H40FN5O4S/c1-19-20(2)34-30(35-24-10-8-23(33)9-11-24)37-28(19)38-16-14-22-18-25(12-13-26(22)21(38)3)41-29(39)27(15-17-43-7)36-31(40)42-32(4,5)6/h8-13,18,21,27H,14-17H2,1-7H3,(H,36,40)(H,34,35,37). The van der Waals surface area contributed by atoms with Crippen LogP contribution in [-0.2, 0) is 16.0 Å². The Hall–Kier alpha value is -3.86. The smallest absolute Gasteiger partial charge is 0.408 e. The summed E-state index contributed by atoms with van der Waals surface area (Å²) >= 11 is 1.58. The summed E-state index contributed by atoms with van der Waals surface area (Å²) in [5.74, 6) is 1.55. The highest BCUT2D eigenvalue weighted by molar-refractivity contribution is 7.98. The van der Waals surface area contributed by atoms with Gasteiger partial charge in [-0.3, -0.25) is 0 Å². The molecule has 4 rings (SSSR count). The molecule has 230 valence electrons. The Morgan fingerprint density at radius 1 is 1.14 bits per heavy atom. The van der Waals surface area contributed by atoms with Crippen LogP contribution in [0.4, 0.5) is 26.6 Å². The van der Waals surface area contributed by atoms with Crippen LogP contribution in [0, 0.1) is 19.7 Å². The topological polar surface area (TPSA) is 106 Å². The van der Waals surface area contributed by atoms with Crippen molar-refractivity contribution < 1.29 is 23.5 Å². The van der Waals surface area contributed by atoms with Crippen LogP contribution in [0.2, 0.25) is 0 Å². The van der Waals surface area contributed by atoms with Gasteiger partial charge in [0.05, 0.1) is 6.04 Å². The summed E-state index contributed by atoms with van der Waals surface area (Å²) in [6.07, 6.45) is 2.43. The Labute approximate surface area is 257 Å². The number of rotatable bonds is 9. The van der Waals surface area contributed by atoms with E-state index in [2.05, 4.69) is 27.4 Å². The number of hydrogen-bond acceptors (Lipinski definition) is 9. The van der Waals surface area contributed by atoms with E-state index in [9.17, 15) is 14.0 Å². The largest absolute Gasteiger partial charge is 0.444 e. The first kappa shape index (κ1) is 32.1. The Balaban J connectivity index is 1.49. The number of ether oxygens (including phenoxy) is 2. The van der Waals surface area contributed by atoms with Gasteiger partial charge in [-0.05, 0) is 114 Å². The number of hydrogen-bond donors (Lipinski definition) is 2. The van der Waals surface area contributed by atoms with Gasteiger partial charge in [0.1, 0.15) is 29.0 Å². The summed E-state index contributed by atoms with van der Waals surface area (Å²) in [5.41, 5.74) is 4.06. The molecule has 3 aromatic rings. The molecule has 0 saturated carbocycles. The van der Waals surface area contributed by atoms with Gasteiger partial charge in [0.15, 0.2) is 0 Å². The van der Waals surface area contributed by atoms with Gasteiger partial charge in [0.2, 0.25) is 5.95 Å². The molecule has 2 heterocycles. The predicted molar refractivity (Wildman–Crippen MR) is 169 cm³/mol. The number of aromatic nitrogens is 2. The lowest BCUT2D eigenvalue weighted by Gasteiger charge is -2.37. The zero-order valence-corrected chi connectivity index (χ0v) is 26.6. The highest BCUT2D eigenvalue weighted by Crippen LogP contribution is 2.36. The van der Waals surface area contributed by atoms with Crippen molar-refractivity contribution in [3.05, 3.63) is 70.7 Å². The molecule has 0 saturated heterocycles. The van der Waals surface area contributed by atoms with Gasteiger partial charge < -0.3 is 25.0 Å². The van der Waals surface area contributed by atoms with Crippen molar-refractivity contribution in [2.75, 3.05) is 28.8 Å². The molecule has 0 bridgehead atoms. The average molecular weight is 610 g/mol. The van der Waals surface area contributed by atoms with Gasteiger partial charge in [0.25, 0.3) is 0 Å². The second kappa shape index (κ2) is 13.6. The van der Waals surface area contributed by atoms with Crippen molar-refractivity contribution in [3.8, 4) is 5.75 Å². The fourth-order valence-electron chi connectivity index (χ4n) is 4.89. The average Bonchev–Trinajstić information content (AvgIpc) is 2.93. The number of halogens is 1. The molecular weight excluding hydrogens is 569 g/mol. The fourth-order valence-corrected chi connectivity index (χ4v) is 5.37. The van der Waals surface area contributed by atoms with Gasteiger partial charge >= 0.3 is 12.1 Å². The zero-order valence-electron chi connectivity index (χ0n) is 25.8. The highest BCUT2D eigenvalue weighted by atomic mass is 32.2. The molecule has 1 aliphatic rings. The van der Waals surface area contributed by atoms with Crippen molar-refractivity contribution in [3.63, 3.8) is 0 Å². The number of fused-ring (bicyclic) bond motifs is 1. The third kappa shape index (κ3) is 8.37. The Kier molecular flexibility index (Phi) is 10.2. The minimum Gasteiger partial charge on any atom is -0.444 e. The van der Waals surface area contributed by atoms with Crippen molar-refractivity contribution in [1.82, 2.24) is 15.3 Å². The van der Waals surface area contributed by atoms with Crippen molar-refractivity contribution in [2.45, 2.75) is 72.1 Å². The second-order valence-corrected chi connectivity index (χ2v) is 12.6. The predicted octanol–water partition coefficient (Wildman–Crippen LogP) is 6.65. The Bertz CT molecular complexity index is 1460. The second-order valence-electron chi connectivity index (χ2n) is 11.6. The molecule has 43 heavy (non-hydrogen) atoms. The summed E-state index contributed by atoms with van der Waals surface area (Å²) in [4.78, 5) is 37.1. The maximum absolute atomic E-state index is 13.4. The number of nitrogens with one attached hydrogen (secondary N) is 2. The normalized spacial score (nSPS) is 15.3. The van der Waals surface area contributed by atoms with Crippen LogP contribution in [0.3, 0.4) is 0 Å². The maximum atomic E-state index is 13.4. The first-order valence-corrected chi connectivity index (χ1v) is 15.7. The molecule has 1 amide bonds. The lowest BCUT2D eigenvalue weighted by atomic mass is 9.93. The molecular formula is C32H40FN5O4S. The molecule has 2 atom stereocenters. The number of esters is 1. The first-order valence-electron chi connectivity index (χ1n) is 14.3. The third-order valence-corrected chi connectivity index (χ3v) is 7.84. The van der Waals surface area contributed by atoms with Gasteiger partial charge in [-0.15, -0.1) is 0 Å². The van der Waals surface area contributed by atoms with E-state index in [4.69, 9.17) is 14.5 Å². The van der Waals surface area contributed by atoms with Crippen LogP contribution in [0.15, 0.2) is 42.5 Å². The summed E-state index contributed by atoms with van der Waals surface area (Å²) in [7, 11) is 0. The molecule has 1 aliphatic heterocycles. The lowest BCUT2D eigenvalue weighted by Crippen LogP contribution is -2.45. The molecule has 0 spiro atoms. The van der Waals surface area contributed by atoms with Crippen LogP contribution in [0.5, 0.6) is 5.75 Å². The van der Waals surface area contributed by atoms with Crippen molar-refractivity contribution in [2.24, 2.45) is 0 Å². The van der Waals surface area contributed by atoms with Gasteiger partial charge in [-0.1, -0.05) is 6.07 Å². The van der Waals surface area contributed by atoms with E-state index in [0.29, 0.717) is 36.1 Å². The van der Waals surface area contributed by atoms with Gasteiger partial charge in [0, 0.05) is 23.5 Å². The van der Waals surface area contributed by atoms with E-state index in [1.807, 2.05) is 32.2 Å². The summed E-state index contributed by atoms with van der Waals surface area (Å²) in [6, 6.07) is 10.9. The number of amides is 1. The first-order chi connectivity index (χ1) is 20.3. The minimum absolute atomic E-state index is 0.00309. The molecule has 1 aromatic heterocycles. The van der Waals surface area contributed by atoms with Gasteiger partial charge in [-0.25, -0.2) is 19.0 Å². The molecule has 0 aliphatic carbocycles. The van der Waals surface area contributed by atoms with E-state index in [0.717, 1.165) is 34.6 Å². The third-order valence-electron chi connectivity index (χ3n) is 7.19. The fraction of sp³-hybridized carbons (Fsp3) is 0.438. The van der Waals surface area contributed by atoms with Crippen LogP contribution in [-0.4, -0.2) is 52.2 Å². The lowest BCUT2D eigenvalue weighted by molar-refractivity contribution is -0.136. The van der Waals surface area contributed by atoms with E-state index in [1.165, 1.54) is 12.1 Å². The summed E-state index contributed by atoms with van der Waals surface area (Å²) in [5, 5.41) is 5.85. The Morgan fingerprint density at radius 2 is 1.86 bits per heavy atom. The van der Waals surface area contributed by atoms with Crippen molar-refractivity contribution >= 4 is 41.3 Å². The summed E-state index contributed by atoms with van der Waals surface area (Å²) in [6.45, 7) is 12.1. The van der Waals surface area contributed by atoms with Crippen LogP contribution in [0.25, 0.3) is 0 Å². The highest BCUT2D eigenvalue weighted by Gasteiger charge is 2.29. The zero-order chi connectivity index (χ0) is 31.3. The molecule has 2 aromatic carbocycles. The number of carbonyl (C=O) groups excluding carboxylic acids is 2.